The van der Waals surface area contributed by atoms with Crippen molar-refractivity contribution in [3.05, 3.63) is 54.6 Å². The molecule has 0 fully saturated rings. The topological polar surface area (TPSA) is 49.8 Å². The van der Waals surface area contributed by atoms with Crippen LogP contribution in [0.25, 0.3) is 0 Å². The molecular formula is C14H15FN4. The summed E-state index contributed by atoms with van der Waals surface area (Å²) in [6.07, 6.45) is 1.74. The molecule has 4 nitrogen and oxygen atoms in total. The van der Waals surface area contributed by atoms with E-state index in [1.165, 1.54) is 6.07 Å². The molecule has 0 atom stereocenters. The lowest BCUT2D eigenvalue weighted by Crippen LogP contribution is -2.05. The molecule has 5 heteroatoms. The van der Waals surface area contributed by atoms with Crippen LogP contribution in [-0.4, -0.2) is 16.5 Å². The second-order valence-corrected chi connectivity index (χ2v) is 3.96. The van der Waals surface area contributed by atoms with Crippen LogP contribution in [-0.2, 0) is 0 Å². The van der Waals surface area contributed by atoms with Crippen LogP contribution in [0.3, 0.4) is 0 Å². The first kappa shape index (κ1) is 13.0. The predicted molar refractivity (Wildman–Crippen MR) is 75.1 cm³/mol. The zero-order chi connectivity index (χ0) is 13.7. The lowest BCUT2D eigenvalue weighted by atomic mass is 10.3. The standard InChI is InChI=1S/C14H15FN4/c1-3-8-16-13-9-14(18-10(2)17-13)19-12-7-5-4-6-11(12)15/h3-7,9H,1,8H2,2H3,(H2,16,17,18,19). The fourth-order valence-electron chi connectivity index (χ4n) is 1.60. The van der Waals surface area contributed by atoms with Crippen LogP contribution in [0.2, 0.25) is 0 Å². The van der Waals surface area contributed by atoms with Gasteiger partial charge in [0.1, 0.15) is 23.3 Å². The summed E-state index contributed by atoms with van der Waals surface area (Å²) in [7, 11) is 0. The fraction of sp³-hybridized carbons (Fsp3) is 0.143. The summed E-state index contributed by atoms with van der Waals surface area (Å²) in [5.41, 5.74) is 0.385. The van der Waals surface area contributed by atoms with E-state index in [0.717, 1.165) is 0 Å². The quantitative estimate of drug-likeness (QED) is 0.808. The Hall–Kier alpha value is -2.43. The molecule has 2 aromatic rings. The summed E-state index contributed by atoms with van der Waals surface area (Å²) >= 11 is 0. The van der Waals surface area contributed by atoms with Gasteiger partial charge in [-0.2, -0.15) is 0 Å². The molecule has 0 unspecified atom stereocenters. The van der Waals surface area contributed by atoms with Crippen molar-refractivity contribution in [2.75, 3.05) is 17.2 Å². The van der Waals surface area contributed by atoms with Crippen LogP contribution in [0.15, 0.2) is 43.0 Å². The first-order chi connectivity index (χ1) is 9.19. The summed E-state index contributed by atoms with van der Waals surface area (Å²) in [5, 5.41) is 6.01. The second kappa shape index (κ2) is 5.95. The molecule has 1 aromatic carbocycles. The van der Waals surface area contributed by atoms with E-state index in [1.54, 1.807) is 37.3 Å². The number of para-hydroxylation sites is 1. The molecular weight excluding hydrogens is 243 g/mol. The molecule has 0 radical (unpaired) electrons. The highest BCUT2D eigenvalue weighted by atomic mass is 19.1. The normalized spacial score (nSPS) is 10.0. The van der Waals surface area contributed by atoms with Crippen LogP contribution in [0.5, 0.6) is 0 Å². The van der Waals surface area contributed by atoms with Gasteiger partial charge in [0.2, 0.25) is 0 Å². The van der Waals surface area contributed by atoms with E-state index in [4.69, 9.17) is 0 Å². The Labute approximate surface area is 111 Å². The predicted octanol–water partition coefficient (Wildman–Crippen LogP) is 3.27. The van der Waals surface area contributed by atoms with Crippen molar-refractivity contribution in [3.63, 3.8) is 0 Å². The number of halogens is 1. The third kappa shape index (κ3) is 3.51. The van der Waals surface area contributed by atoms with E-state index in [1.807, 2.05) is 0 Å². The number of nitrogens with zero attached hydrogens (tertiary/aromatic N) is 2. The van der Waals surface area contributed by atoms with Gasteiger partial charge in [0, 0.05) is 12.6 Å². The molecule has 0 aliphatic rings. The summed E-state index contributed by atoms with van der Waals surface area (Å²) in [6.45, 7) is 6.02. The average Bonchev–Trinajstić information content (AvgIpc) is 2.38. The molecule has 0 spiro atoms. The number of anilines is 3. The Bertz CT molecular complexity index is 583. The summed E-state index contributed by atoms with van der Waals surface area (Å²) < 4.78 is 13.5. The number of benzene rings is 1. The van der Waals surface area contributed by atoms with E-state index < -0.39 is 0 Å². The molecule has 0 amide bonds. The van der Waals surface area contributed by atoms with Crippen LogP contribution in [0, 0.1) is 12.7 Å². The van der Waals surface area contributed by atoms with Gasteiger partial charge >= 0.3 is 0 Å². The van der Waals surface area contributed by atoms with Crippen LogP contribution in [0.4, 0.5) is 21.7 Å². The van der Waals surface area contributed by atoms with E-state index in [0.29, 0.717) is 29.7 Å². The van der Waals surface area contributed by atoms with Crippen molar-refractivity contribution in [3.8, 4) is 0 Å². The Morgan fingerprint density at radius 3 is 2.74 bits per heavy atom. The van der Waals surface area contributed by atoms with E-state index in [9.17, 15) is 4.39 Å². The number of hydrogen-bond acceptors (Lipinski definition) is 4. The fourth-order valence-corrected chi connectivity index (χ4v) is 1.60. The van der Waals surface area contributed by atoms with Crippen molar-refractivity contribution in [2.24, 2.45) is 0 Å². The van der Waals surface area contributed by atoms with E-state index in [2.05, 4.69) is 27.2 Å². The minimum Gasteiger partial charge on any atom is -0.366 e. The summed E-state index contributed by atoms with van der Waals surface area (Å²) in [4.78, 5) is 8.46. The smallest absolute Gasteiger partial charge is 0.146 e. The maximum atomic E-state index is 13.5. The number of nitrogens with one attached hydrogen (secondary N) is 2. The van der Waals surface area contributed by atoms with Gasteiger partial charge in [0.25, 0.3) is 0 Å². The highest BCUT2D eigenvalue weighted by Gasteiger charge is 2.04. The molecule has 0 bridgehead atoms. The van der Waals surface area contributed by atoms with Gasteiger partial charge in [-0.15, -0.1) is 6.58 Å². The van der Waals surface area contributed by atoms with Crippen molar-refractivity contribution in [2.45, 2.75) is 6.92 Å². The first-order valence-corrected chi connectivity index (χ1v) is 5.91. The van der Waals surface area contributed by atoms with Gasteiger partial charge in [-0.3, -0.25) is 0 Å². The van der Waals surface area contributed by atoms with Gasteiger partial charge in [0.05, 0.1) is 5.69 Å². The number of aromatic nitrogens is 2. The molecule has 0 saturated carbocycles. The summed E-state index contributed by atoms with van der Waals surface area (Å²) in [6, 6.07) is 8.18. The first-order valence-electron chi connectivity index (χ1n) is 5.91. The molecule has 0 aliphatic carbocycles. The minimum atomic E-state index is -0.320. The van der Waals surface area contributed by atoms with E-state index in [-0.39, 0.29) is 5.82 Å². The monoisotopic (exact) mass is 258 g/mol. The zero-order valence-corrected chi connectivity index (χ0v) is 10.7. The summed E-state index contributed by atoms with van der Waals surface area (Å²) in [5.74, 6) is 1.50. The molecule has 98 valence electrons. The lowest BCUT2D eigenvalue weighted by Gasteiger charge is -2.09. The highest BCUT2D eigenvalue weighted by molar-refractivity contribution is 5.59. The molecule has 1 aromatic heterocycles. The van der Waals surface area contributed by atoms with Crippen LogP contribution in [0.1, 0.15) is 5.82 Å². The molecule has 0 saturated heterocycles. The third-order valence-corrected chi connectivity index (χ3v) is 2.40. The van der Waals surface area contributed by atoms with Crippen molar-refractivity contribution in [1.82, 2.24) is 9.97 Å². The van der Waals surface area contributed by atoms with Gasteiger partial charge in [-0.1, -0.05) is 18.2 Å². The number of hydrogen-bond donors (Lipinski definition) is 2. The zero-order valence-electron chi connectivity index (χ0n) is 10.7. The molecule has 19 heavy (non-hydrogen) atoms. The van der Waals surface area contributed by atoms with Crippen LogP contribution < -0.4 is 10.6 Å². The molecule has 0 aliphatic heterocycles. The Morgan fingerprint density at radius 2 is 2.00 bits per heavy atom. The second-order valence-electron chi connectivity index (χ2n) is 3.96. The third-order valence-electron chi connectivity index (χ3n) is 2.40. The lowest BCUT2D eigenvalue weighted by molar-refractivity contribution is 0.632. The highest BCUT2D eigenvalue weighted by Crippen LogP contribution is 2.19. The van der Waals surface area contributed by atoms with Gasteiger partial charge < -0.3 is 10.6 Å². The van der Waals surface area contributed by atoms with Crippen molar-refractivity contribution >= 4 is 17.3 Å². The molecule has 2 rings (SSSR count). The van der Waals surface area contributed by atoms with Gasteiger partial charge in [-0.25, -0.2) is 14.4 Å². The van der Waals surface area contributed by atoms with Gasteiger partial charge in [-0.05, 0) is 19.1 Å². The minimum absolute atomic E-state index is 0.320. The van der Waals surface area contributed by atoms with Crippen molar-refractivity contribution < 1.29 is 4.39 Å². The van der Waals surface area contributed by atoms with Crippen LogP contribution >= 0.6 is 0 Å². The largest absolute Gasteiger partial charge is 0.366 e. The maximum absolute atomic E-state index is 13.5. The maximum Gasteiger partial charge on any atom is 0.146 e. The van der Waals surface area contributed by atoms with Crippen molar-refractivity contribution in [1.29, 1.82) is 0 Å². The van der Waals surface area contributed by atoms with E-state index >= 15 is 0 Å². The Kier molecular flexibility index (Phi) is 4.07. The number of aryl methyl sites for hydroxylation is 1. The number of rotatable bonds is 5. The average molecular weight is 258 g/mol. The Morgan fingerprint density at radius 1 is 1.26 bits per heavy atom. The molecule has 2 N–H and O–H groups in total. The molecule has 1 heterocycles. The van der Waals surface area contributed by atoms with Gasteiger partial charge in [0.15, 0.2) is 0 Å². The SMILES string of the molecule is C=CCNc1cc(Nc2ccccc2F)nc(C)n1. The Balaban J connectivity index is 2.22.